The van der Waals surface area contributed by atoms with Gasteiger partial charge in [-0.2, -0.15) is 0 Å². The number of benzene rings is 12. The molecule has 0 unspecified atom stereocenters. The molecule has 16 rings (SSSR count). The predicted molar refractivity (Wildman–Crippen MR) is 340 cm³/mol. The summed E-state index contributed by atoms with van der Waals surface area (Å²) in [6.45, 7) is -0.339. The van der Waals surface area contributed by atoms with Crippen molar-refractivity contribution < 1.29 is 0 Å². The molecule has 0 saturated heterocycles. The summed E-state index contributed by atoms with van der Waals surface area (Å²) in [4.78, 5) is 10.0. The van der Waals surface area contributed by atoms with Crippen molar-refractivity contribution in [2.24, 2.45) is 0 Å². The second kappa shape index (κ2) is 18.7. The molecule has 3 aliphatic rings. The molecule has 1 aromatic heterocycles. The van der Waals surface area contributed by atoms with Gasteiger partial charge in [0.1, 0.15) is 0 Å². The molecule has 0 N–H and O–H groups in total. The third kappa shape index (κ3) is 7.20. The molecule has 0 spiro atoms. The van der Waals surface area contributed by atoms with Crippen LogP contribution >= 0.6 is 0 Å². The van der Waals surface area contributed by atoms with Gasteiger partial charge in [0.2, 0.25) is 0 Å². The van der Waals surface area contributed by atoms with E-state index in [0.29, 0.717) is 0 Å². The van der Waals surface area contributed by atoms with Crippen LogP contribution in [0, 0.1) is 0 Å². The fourth-order valence-corrected chi connectivity index (χ4v) is 14.0. The summed E-state index contributed by atoms with van der Waals surface area (Å²) in [5, 5.41) is 2.50. The molecule has 4 heterocycles. The van der Waals surface area contributed by atoms with Crippen LogP contribution < -0.4 is 51.3 Å². The number of hydrogen-bond acceptors (Lipinski definition) is 4. The van der Waals surface area contributed by atoms with Crippen LogP contribution in [0.1, 0.15) is 0 Å². The van der Waals surface area contributed by atoms with Gasteiger partial charge in [0.05, 0.1) is 0 Å². The van der Waals surface area contributed by atoms with Crippen molar-refractivity contribution in [2.45, 2.75) is 0 Å². The van der Waals surface area contributed by atoms with Crippen LogP contribution in [-0.4, -0.2) is 34.1 Å². The first-order valence-electron chi connectivity index (χ1n) is 27.4. The van der Waals surface area contributed by atoms with Gasteiger partial charge in [-0.05, 0) is 0 Å². The fourth-order valence-electron chi connectivity index (χ4n) is 13.4. The number of rotatable bonds is 8. The first-order chi connectivity index (χ1) is 39.7. The molecule has 0 saturated carbocycles. The Bertz CT molecular complexity index is 4440. The standard InChI is InChI=1S/C72H48B2N5Se/c80-71-48-68-62(47-63(71)74-60-43-42-54(78-64-38-20-16-34-56(64)57-35-17-21-39-65(57)78)44-59(60)58-36-18-22-40-66(58)79(74)53-32-14-5-15-33-53)73-61-37-19-23-41-67(61)76(51-28-10-3-11-29-51)69-45-55(46-70(72(69)73)77(68)52-30-12-4-13-31-52)75(49-24-6-1-7-25-49)50-26-8-2-9-27-50/h1-48H. The van der Waals surface area contributed by atoms with E-state index in [1.54, 1.807) is 0 Å². The van der Waals surface area contributed by atoms with E-state index in [0.717, 1.165) is 61.3 Å². The first-order valence-corrected chi connectivity index (χ1v) is 28.3. The van der Waals surface area contributed by atoms with Crippen molar-refractivity contribution in [2.75, 3.05) is 19.5 Å². The van der Waals surface area contributed by atoms with Crippen LogP contribution in [0.15, 0.2) is 291 Å². The number of aromatic nitrogens is 1. The van der Waals surface area contributed by atoms with Crippen molar-refractivity contribution in [3.8, 4) is 16.8 Å². The van der Waals surface area contributed by atoms with Gasteiger partial charge in [0.15, 0.2) is 0 Å². The zero-order valence-corrected chi connectivity index (χ0v) is 45.2. The summed E-state index contributed by atoms with van der Waals surface area (Å²) in [7, 11) is 0. The molecule has 1 radical (unpaired) electrons. The molecule has 0 aliphatic carbocycles. The molecule has 0 fully saturated rings. The zero-order chi connectivity index (χ0) is 52.8. The Balaban J connectivity index is 0.973. The van der Waals surface area contributed by atoms with Gasteiger partial charge in [-0.15, -0.1) is 0 Å². The van der Waals surface area contributed by atoms with Crippen molar-refractivity contribution in [3.05, 3.63) is 291 Å². The van der Waals surface area contributed by atoms with Crippen molar-refractivity contribution in [3.63, 3.8) is 0 Å². The molecule has 0 atom stereocenters. The normalized spacial score (nSPS) is 12.9. The van der Waals surface area contributed by atoms with Crippen LogP contribution in [0.25, 0.3) is 38.6 Å². The third-order valence-electron chi connectivity index (χ3n) is 16.6. The summed E-state index contributed by atoms with van der Waals surface area (Å²) in [5.41, 5.74) is 24.5. The third-order valence-corrected chi connectivity index (χ3v) is 17.4. The molecular weight excluding hydrogens is 1040 g/mol. The molecule has 13 aromatic rings. The van der Waals surface area contributed by atoms with Gasteiger partial charge in [-0.3, -0.25) is 0 Å². The Morgan fingerprint density at radius 1 is 0.312 bits per heavy atom. The van der Waals surface area contributed by atoms with Crippen molar-refractivity contribution >= 4 is 146 Å². The molecule has 5 nitrogen and oxygen atoms in total. The fraction of sp³-hybridized carbons (Fsp3) is 0. The second-order valence-corrected chi connectivity index (χ2v) is 21.9. The summed E-state index contributed by atoms with van der Waals surface area (Å²) in [5.74, 6) is 0. The zero-order valence-electron chi connectivity index (χ0n) is 43.5. The Labute approximate surface area is 474 Å². The quantitative estimate of drug-likeness (QED) is 0.141. The average Bonchev–Trinajstić information content (AvgIpc) is 2.96. The number of nitrogens with zero attached hydrogens (tertiary/aromatic N) is 5. The van der Waals surface area contributed by atoms with E-state index >= 15 is 0 Å². The minimum absolute atomic E-state index is 0.125. The Hall–Kier alpha value is -9.71. The van der Waals surface area contributed by atoms with Crippen molar-refractivity contribution in [1.29, 1.82) is 0 Å². The van der Waals surface area contributed by atoms with Crippen LogP contribution in [0.3, 0.4) is 0 Å². The Kier molecular flexibility index (Phi) is 10.9. The maximum absolute atomic E-state index is 3.72. The SMILES string of the molecule is [Se]c1cc2c(cc1B1c3ccc(-n4c5ccccc5c5ccccc54)cc3-c3ccccc3N1c1ccccc1)B1c3ccccc3N(c3ccccc3)c3cc(N(c4ccccc4)c4ccccc4)cc(c31)N2c1ccccc1. The van der Waals surface area contributed by atoms with Crippen LogP contribution in [0.2, 0.25) is 0 Å². The van der Waals surface area contributed by atoms with Crippen LogP contribution in [0.4, 0.5) is 62.6 Å². The second-order valence-electron chi connectivity index (χ2n) is 21.0. The predicted octanol–water partition coefficient (Wildman–Crippen LogP) is 14.1. The molecule has 80 heavy (non-hydrogen) atoms. The topological polar surface area (TPSA) is 17.9 Å². The van der Waals surface area contributed by atoms with Crippen molar-refractivity contribution in [1.82, 2.24) is 4.57 Å². The average molecular weight is 1080 g/mol. The molecule has 373 valence electrons. The van der Waals surface area contributed by atoms with E-state index in [2.05, 4.69) is 331 Å². The monoisotopic (exact) mass is 1080 g/mol. The molecule has 0 amide bonds. The summed E-state index contributed by atoms with van der Waals surface area (Å²) < 4.78 is 3.54. The van der Waals surface area contributed by atoms with Gasteiger partial charge in [-0.1, -0.05) is 0 Å². The summed E-state index contributed by atoms with van der Waals surface area (Å²) >= 11 is 3.72. The number of hydrogen-bond donors (Lipinski definition) is 0. The molecule has 3 aliphatic heterocycles. The van der Waals surface area contributed by atoms with E-state index in [1.165, 1.54) is 71.6 Å². The number of para-hydroxylation sites is 9. The van der Waals surface area contributed by atoms with Crippen LogP contribution in [0.5, 0.6) is 0 Å². The van der Waals surface area contributed by atoms with E-state index < -0.39 is 0 Å². The summed E-state index contributed by atoms with van der Waals surface area (Å²) in [6, 6.07) is 107. The molecule has 0 bridgehead atoms. The minimum atomic E-state index is -0.213. The van der Waals surface area contributed by atoms with Gasteiger partial charge in [0.25, 0.3) is 0 Å². The Morgan fingerprint density at radius 3 is 1.43 bits per heavy atom. The van der Waals surface area contributed by atoms with Gasteiger partial charge >= 0.3 is 478 Å². The van der Waals surface area contributed by atoms with Gasteiger partial charge in [-0.25, -0.2) is 0 Å². The number of fused-ring (bicyclic) bond motifs is 10. The number of anilines is 11. The van der Waals surface area contributed by atoms with E-state index in [4.69, 9.17) is 0 Å². The molecule has 12 aromatic carbocycles. The molecule has 8 heteroatoms. The summed E-state index contributed by atoms with van der Waals surface area (Å²) in [6.07, 6.45) is 0. The van der Waals surface area contributed by atoms with Gasteiger partial charge in [0, 0.05) is 0 Å². The van der Waals surface area contributed by atoms with Crippen LogP contribution in [-0.2, 0) is 0 Å². The van der Waals surface area contributed by atoms with Gasteiger partial charge < -0.3 is 0 Å². The van der Waals surface area contributed by atoms with E-state index in [-0.39, 0.29) is 13.6 Å². The molecular formula is C72H48B2N5Se. The van der Waals surface area contributed by atoms with E-state index in [9.17, 15) is 0 Å². The Morgan fingerprint density at radius 2 is 0.812 bits per heavy atom. The maximum atomic E-state index is 3.72. The first kappa shape index (κ1) is 46.4. The van der Waals surface area contributed by atoms with E-state index in [1.807, 2.05) is 0 Å².